The van der Waals surface area contributed by atoms with Crippen molar-refractivity contribution < 1.29 is 13.0 Å². The van der Waals surface area contributed by atoms with Gasteiger partial charge in [0.1, 0.15) is 0 Å². The molecule has 0 saturated carbocycles. The van der Waals surface area contributed by atoms with Gasteiger partial charge in [-0.2, -0.15) is 13.7 Å². The summed E-state index contributed by atoms with van der Waals surface area (Å²) in [6, 6.07) is 8.45. The van der Waals surface area contributed by atoms with Gasteiger partial charge in [-0.1, -0.05) is 12.1 Å². The highest BCUT2D eigenvalue weighted by Crippen LogP contribution is 2.17. The Morgan fingerprint density at radius 1 is 1.36 bits per heavy atom. The Kier molecular flexibility index (Phi) is 3.52. The molecule has 0 atom stereocenters. The van der Waals surface area contributed by atoms with E-state index in [4.69, 9.17) is 9.81 Å². The molecular formula is C8H7NO3S2. The average Bonchev–Trinajstić information content (AvgIpc) is 2.14. The molecule has 0 spiro atoms. The lowest BCUT2D eigenvalue weighted by Gasteiger charge is -1.98. The van der Waals surface area contributed by atoms with Gasteiger partial charge >= 0.3 is 9.15 Å². The predicted octanol–water partition coefficient (Wildman–Crippen LogP) is 1.59. The van der Waals surface area contributed by atoms with Gasteiger partial charge in [0.2, 0.25) is 0 Å². The summed E-state index contributed by atoms with van der Waals surface area (Å²) in [7, 11) is -3.54. The second-order valence-corrected chi connectivity index (χ2v) is 5.85. The third kappa shape index (κ3) is 3.79. The summed E-state index contributed by atoms with van der Waals surface area (Å²) in [6.07, 6.45) is 0. The average molecular weight is 229 g/mol. The molecule has 0 aliphatic carbocycles. The highest BCUT2D eigenvalue weighted by molar-refractivity contribution is 8.69. The molecule has 0 saturated heterocycles. The lowest BCUT2D eigenvalue weighted by atomic mass is 10.2. The molecule has 1 aromatic rings. The van der Waals surface area contributed by atoms with Gasteiger partial charge < -0.3 is 0 Å². The third-order valence-electron chi connectivity index (χ3n) is 1.46. The molecule has 0 fully saturated rings. The van der Waals surface area contributed by atoms with E-state index in [9.17, 15) is 8.42 Å². The van der Waals surface area contributed by atoms with Gasteiger partial charge in [0.15, 0.2) is 0 Å². The third-order valence-corrected chi connectivity index (χ3v) is 3.45. The minimum atomic E-state index is -3.99. The van der Waals surface area contributed by atoms with Gasteiger partial charge in [-0.3, -0.25) is 4.55 Å². The fourth-order valence-electron chi connectivity index (χ4n) is 0.818. The van der Waals surface area contributed by atoms with Crippen molar-refractivity contribution in [3.8, 4) is 6.07 Å². The van der Waals surface area contributed by atoms with Crippen LogP contribution in [0.2, 0.25) is 0 Å². The van der Waals surface area contributed by atoms with Crippen LogP contribution in [0.4, 0.5) is 0 Å². The molecule has 0 unspecified atom stereocenters. The molecule has 1 N–H and O–H groups in total. The molecule has 0 radical (unpaired) electrons. The first-order chi connectivity index (χ1) is 6.51. The van der Waals surface area contributed by atoms with Crippen molar-refractivity contribution in [2.75, 3.05) is 0 Å². The number of nitriles is 1. The SMILES string of the molecule is N#Cc1ccc(CSS(=O)(=O)O)cc1. The number of benzene rings is 1. The van der Waals surface area contributed by atoms with Crippen LogP contribution in [-0.2, 0) is 14.9 Å². The Hall–Kier alpha value is -1.03. The highest BCUT2D eigenvalue weighted by Gasteiger charge is 2.05. The van der Waals surface area contributed by atoms with Crippen molar-refractivity contribution >= 4 is 19.9 Å². The van der Waals surface area contributed by atoms with E-state index >= 15 is 0 Å². The summed E-state index contributed by atoms with van der Waals surface area (Å²) in [6.45, 7) is 0. The minimum Gasteiger partial charge on any atom is -0.277 e. The maximum Gasteiger partial charge on any atom is 0.320 e. The first kappa shape index (κ1) is 11.0. The van der Waals surface area contributed by atoms with Crippen molar-refractivity contribution in [2.24, 2.45) is 0 Å². The largest absolute Gasteiger partial charge is 0.320 e. The first-order valence-corrected chi connectivity index (χ1v) is 6.56. The van der Waals surface area contributed by atoms with Crippen molar-refractivity contribution in [1.29, 1.82) is 5.26 Å². The Morgan fingerprint density at radius 2 is 1.93 bits per heavy atom. The summed E-state index contributed by atoms with van der Waals surface area (Å²) >= 11 is 0. The van der Waals surface area contributed by atoms with E-state index in [1.165, 1.54) is 0 Å². The van der Waals surface area contributed by atoms with Crippen LogP contribution < -0.4 is 0 Å². The predicted molar refractivity (Wildman–Crippen MR) is 54.0 cm³/mol. The smallest absolute Gasteiger partial charge is 0.277 e. The van der Waals surface area contributed by atoms with E-state index in [0.29, 0.717) is 16.4 Å². The maximum absolute atomic E-state index is 10.4. The molecule has 0 heterocycles. The van der Waals surface area contributed by atoms with Crippen molar-refractivity contribution in [3.05, 3.63) is 35.4 Å². The Labute approximate surface area is 85.7 Å². The molecule has 6 heteroatoms. The van der Waals surface area contributed by atoms with E-state index < -0.39 is 9.15 Å². The van der Waals surface area contributed by atoms with Crippen LogP contribution in [0.25, 0.3) is 0 Å². The van der Waals surface area contributed by atoms with E-state index in [0.717, 1.165) is 5.56 Å². The van der Waals surface area contributed by atoms with Crippen LogP contribution >= 0.6 is 10.8 Å². The zero-order valence-corrected chi connectivity index (χ0v) is 8.68. The number of rotatable bonds is 3. The topological polar surface area (TPSA) is 78.2 Å². The summed E-state index contributed by atoms with van der Waals surface area (Å²) in [5, 5.41) is 8.50. The molecule has 0 aliphatic rings. The quantitative estimate of drug-likeness (QED) is 0.629. The second-order valence-electron chi connectivity index (χ2n) is 2.50. The Morgan fingerprint density at radius 3 is 2.36 bits per heavy atom. The normalized spacial score (nSPS) is 10.9. The summed E-state index contributed by atoms with van der Waals surface area (Å²) in [4.78, 5) is 0. The Bertz CT molecular complexity index is 444. The molecule has 1 aromatic carbocycles. The minimum absolute atomic E-state index is 0.171. The zero-order valence-electron chi connectivity index (χ0n) is 7.04. The molecular weight excluding hydrogens is 222 g/mol. The van der Waals surface area contributed by atoms with Crippen molar-refractivity contribution in [3.63, 3.8) is 0 Å². The van der Waals surface area contributed by atoms with E-state index in [2.05, 4.69) is 0 Å². The fourth-order valence-corrected chi connectivity index (χ4v) is 2.15. The molecule has 14 heavy (non-hydrogen) atoms. The maximum atomic E-state index is 10.4. The van der Waals surface area contributed by atoms with Crippen LogP contribution in [0, 0.1) is 11.3 Å². The fraction of sp³-hybridized carbons (Fsp3) is 0.125. The molecule has 74 valence electrons. The van der Waals surface area contributed by atoms with Gasteiger partial charge in [-0.25, -0.2) is 0 Å². The van der Waals surface area contributed by atoms with Gasteiger partial charge in [0.05, 0.1) is 11.6 Å². The molecule has 0 amide bonds. The summed E-state index contributed by atoms with van der Waals surface area (Å²) in [5.41, 5.74) is 1.26. The second kappa shape index (κ2) is 4.46. The van der Waals surface area contributed by atoms with Crippen LogP contribution in [0.5, 0.6) is 0 Å². The molecule has 0 aromatic heterocycles. The lowest BCUT2D eigenvalue weighted by Crippen LogP contribution is -1.91. The van der Waals surface area contributed by atoms with E-state index in [-0.39, 0.29) is 5.75 Å². The first-order valence-electron chi connectivity index (χ1n) is 3.62. The zero-order chi connectivity index (χ0) is 10.6. The van der Waals surface area contributed by atoms with Crippen LogP contribution in [0.15, 0.2) is 24.3 Å². The number of hydrogen-bond donors (Lipinski definition) is 1. The van der Waals surface area contributed by atoms with Gasteiger partial charge in [0, 0.05) is 16.5 Å². The van der Waals surface area contributed by atoms with E-state index in [1.807, 2.05) is 6.07 Å². The van der Waals surface area contributed by atoms with Crippen LogP contribution in [0.1, 0.15) is 11.1 Å². The molecule has 0 bridgehead atoms. The highest BCUT2D eigenvalue weighted by atomic mass is 33.1. The molecule has 0 aliphatic heterocycles. The molecule has 1 rings (SSSR count). The molecule has 4 nitrogen and oxygen atoms in total. The summed E-state index contributed by atoms with van der Waals surface area (Å²) in [5.74, 6) is 0.171. The number of hydrogen-bond acceptors (Lipinski definition) is 4. The van der Waals surface area contributed by atoms with Crippen molar-refractivity contribution in [1.82, 2.24) is 0 Å². The lowest BCUT2D eigenvalue weighted by molar-refractivity contribution is 0.503. The van der Waals surface area contributed by atoms with Gasteiger partial charge in [0.25, 0.3) is 0 Å². The number of nitrogens with zero attached hydrogens (tertiary/aromatic N) is 1. The van der Waals surface area contributed by atoms with Gasteiger partial charge in [-0.15, -0.1) is 0 Å². The van der Waals surface area contributed by atoms with Gasteiger partial charge in [-0.05, 0) is 17.7 Å². The van der Waals surface area contributed by atoms with Crippen molar-refractivity contribution in [2.45, 2.75) is 5.75 Å². The Balaban J connectivity index is 2.67. The van der Waals surface area contributed by atoms with Crippen LogP contribution in [-0.4, -0.2) is 13.0 Å². The van der Waals surface area contributed by atoms with Crippen LogP contribution in [0.3, 0.4) is 0 Å². The van der Waals surface area contributed by atoms with E-state index in [1.54, 1.807) is 24.3 Å². The monoisotopic (exact) mass is 229 g/mol. The standard InChI is InChI=1S/C8H7NO3S2/c9-5-7-1-3-8(4-2-7)6-13-14(10,11)12/h1-4H,6H2,(H,10,11,12). The summed E-state index contributed by atoms with van der Waals surface area (Å²) < 4.78 is 29.3.